The van der Waals surface area contributed by atoms with Crippen LogP contribution in [-0.4, -0.2) is 36.1 Å². The summed E-state index contributed by atoms with van der Waals surface area (Å²) in [6.45, 7) is 7.52. The maximum atomic E-state index is 4.76. The van der Waals surface area contributed by atoms with Crippen LogP contribution in [-0.2, 0) is 6.54 Å². The van der Waals surface area contributed by atoms with E-state index in [9.17, 15) is 0 Å². The molecule has 1 fully saturated rings. The Morgan fingerprint density at radius 3 is 2.68 bits per heavy atom. The number of aromatic nitrogens is 1. The van der Waals surface area contributed by atoms with Gasteiger partial charge in [-0.2, -0.15) is 0 Å². The Balaban J connectivity index is 1.70. The maximum Gasteiger partial charge on any atom is 0.123 e. The summed E-state index contributed by atoms with van der Waals surface area (Å²) < 4.78 is 0. The van der Waals surface area contributed by atoms with Crippen LogP contribution < -0.4 is 5.32 Å². The fraction of sp³-hybridized carbons (Fsp3) is 0.400. The molecule has 0 aliphatic carbocycles. The largest absolute Gasteiger partial charge is 0.314 e. The summed E-state index contributed by atoms with van der Waals surface area (Å²) in [5.41, 5.74) is 3.71. The zero-order valence-electron chi connectivity index (χ0n) is 11.2. The van der Waals surface area contributed by atoms with Gasteiger partial charge in [0.1, 0.15) is 5.01 Å². The Morgan fingerprint density at radius 1 is 1.21 bits per heavy atom. The standard InChI is InChI=1S/C15H19N3S/c1-12-2-4-13(5-3-12)15-17-14(11-19-15)10-18-8-6-16-7-9-18/h2-5,11,16H,6-10H2,1H3. The number of nitrogens with one attached hydrogen (secondary N) is 1. The van der Waals surface area contributed by atoms with Gasteiger partial charge in [-0.15, -0.1) is 11.3 Å². The van der Waals surface area contributed by atoms with E-state index in [4.69, 9.17) is 4.98 Å². The smallest absolute Gasteiger partial charge is 0.123 e. The highest BCUT2D eigenvalue weighted by molar-refractivity contribution is 7.13. The molecule has 2 aromatic rings. The normalized spacial score (nSPS) is 16.7. The third kappa shape index (κ3) is 3.21. The Bertz CT molecular complexity index is 527. The first-order valence-electron chi connectivity index (χ1n) is 6.76. The summed E-state index contributed by atoms with van der Waals surface area (Å²) in [6, 6.07) is 8.60. The van der Waals surface area contributed by atoms with Gasteiger partial charge in [0.05, 0.1) is 5.69 Å². The lowest BCUT2D eigenvalue weighted by atomic mass is 10.2. The van der Waals surface area contributed by atoms with Crippen LogP contribution in [0.25, 0.3) is 10.6 Å². The molecule has 1 aliphatic rings. The van der Waals surface area contributed by atoms with E-state index in [1.165, 1.54) is 16.8 Å². The second kappa shape index (κ2) is 5.82. The van der Waals surface area contributed by atoms with E-state index >= 15 is 0 Å². The zero-order valence-corrected chi connectivity index (χ0v) is 12.0. The van der Waals surface area contributed by atoms with Gasteiger partial charge in [0.2, 0.25) is 0 Å². The molecular weight excluding hydrogens is 254 g/mol. The number of rotatable bonds is 3. The molecular formula is C15H19N3S. The van der Waals surface area contributed by atoms with Gasteiger partial charge in [0.25, 0.3) is 0 Å². The van der Waals surface area contributed by atoms with Crippen molar-refractivity contribution in [2.45, 2.75) is 13.5 Å². The van der Waals surface area contributed by atoms with Crippen LogP contribution in [0.15, 0.2) is 29.6 Å². The molecule has 100 valence electrons. The summed E-state index contributed by atoms with van der Waals surface area (Å²) in [6.07, 6.45) is 0. The Kier molecular flexibility index (Phi) is 3.92. The van der Waals surface area contributed by atoms with E-state index in [1.807, 2.05) is 0 Å². The van der Waals surface area contributed by atoms with Crippen LogP contribution >= 0.6 is 11.3 Å². The molecule has 3 rings (SSSR count). The number of benzene rings is 1. The molecule has 0 spiro atoms. The molecule has 1 aliphatic heterocycles. The molecule has 0 radical (unpaired) electrons. The third-order valence-corrected chi connectivity index (χ3v) is 4.39. The van der Waals surface area contributed by atoms with E-state index in [2.05, 4.69) is 46.8 Å². The van der Waals surface area contributed by atoms with Gasteiger partial charge in [-0.3, -0.25) is 4.90 Å². The monoisotopic (exact) mass is 273 g/mol. The van der Waals surface area contributed by atoms with Crippen molar-refractivity contribution in [3.05, 3.63) is 40.9 Å². The maximum absolute atomic E-state index is 4.76. The molecule has 1 aromatic heterocycles. The molecule has 0 atom stereocenters. The van der Waals surface area contributed by atoms with E-state index in [1.54, 1.807) is 11.3 Å². The number of aryl methyl sites for hydroxylation is 1. The average molecular weight is 273 g/mol. The van der Waals surface area contributed by atoms with Crippen LogP contribution in [0, 0.1) is 6.92 Å². The highest BCUT2D eigenvalue weighted by Gasteiger charge is 2.12. The number of hydrogen-bond donors (Lipinski definition) is 1. The highest BCUT2D eigenvalue weighted by Crippen LogP contribution is 2.24. The molecule has 3 nitrogen and oxygen atoms in total. The quantitative estimate of drug-likeness (QED) is 0.931. The van der Waals surface area contributed by atoms with Gasteiger partial charge in [0.15, 0.2) is 0 Å². The van der Waals surface area contributed by atoms with Crippen molar-refractivity contribution < 1.29 is 0 Å². The van der Waals surface area contributed by atoms with Crippen LogP contribution in [0.2, 0.25) is 0 Å². The van der Waals surface area contributed by atoms with Crippen molar-refractivity contribution in [1.29, 1.82) is 0 Å². The molecule has 19 heavy (non-hydrogen) atoms. The van der Waals surface area contributed by atoms with Crippen molar-refractivity contribution in [2.75, 3.05) is 26.2 Å². The molecule has 1 aromatic carbocycles. The fourth-order valence-electron chi connectivity index (χ4n) is 2.31. The second-order valence-corrected chi connectivity index (χ2v) is 5.89. The van der Waals surface area contributed by atoms with Crippen molar-refractivity contribution in [3.8, 4) is 10.6 Å². The summed E-state index contributed by atoms with van der Waals surface area (Å²) in [4.78, 5) is 7.22. The predicted molar refractivity (Wildman–Crippen MR) is 80.4 cm³/mol. The molecule has 1 N–H and O–H groups in total. The molecule has 1 saturated heterocycles. The van der Waals surface area contributed by atoms with Gasteiger partial charge in [-0.25, -0.2) is 4.98 Å². The van der Waals surface area contributed by atoms with Crippen LogP contribution in [0.4, 0.5) is 0 Å². The van der Waals surface area contributed by atoms with E-state index in [0.717, 1.165) is 37.7 Å². The number of thiazole rings is 1. The summed E-state index contributed by atoms with van der Waals surface area (Å²) in [7, 11) is 0. The molecule has 0 amide bonds. The zero-order chi connectivity index (χ0) is 13.1. The van der Waals surface area contributed by atoms with E-state index in [0.29, 0.717) is 0 Å². The van der Waals surface area contributed by atoms with Crippen LogP contribution in [0.1, 0.15) is 11.3 Å². The van der Waals surface area contributed by atoms with Gasteiger partial charge in [-0.05, 0) is 6.92 Å². The topological polar surface area (TPSA) is 28.2 Å². The minimum Gasteiger partial charge on any atom is -0.314 e. The van der Waals surface area contributed by atoms with Gasteiger partial charge in [-0.1, -0.05) is 29.8 Å². The Morgan fingerprint density at radius 2 is 1.95 bits per heavy atom. The lowest BCUT2D eigenvalue weighted by Gasteiger charge is -2.26. The van der Waals surface area contributed by atoms with E-state index < -0.39 is 0 Å². The molecule has 0 unspecified atom stereocenters. The minimum absolute atomic E-state index is 0.976. The predicted octanol–water partition coefficient (Wildman–Crippen LogP) is 2.52. The third-order valence-electron chi connectivity index (χ3n) is 3.45. The molecule has 0 bridgehead atoms. The Labute approximate surface area is 118 Å². The van der Waals surface area contributed by atoms with Crippen molar-refractivity contribution in [3.63, 3.8) is 0 Å². The summed E-state index contributed by atoms with van der Waals surface area (Å²) >= 11 is 1.74. The summed E-state index contributed by atoms with van der Waals surface area (Å²) in [5, 5.41) is 6.70. The first-order valence-corrected chi connectivity index (χ1v) is 7.64. The van der Waals surface area contributed by atoms with Gasteiger partial charge >= 0.3 is 0 Å². The van der Waals surface area contributed by atoms with Crippen LogP contribution in [0.3, 0.4) is 0 Å². The first kappa shape index (κ1) is 12.8. The number of hydrogen-bond acceptors (Lipinski definition) is 4. The highest BCUT2D eigenvalue weighted by atomic mass is 32.1. The fourth-order valence-corrected chi connectivity index (χ4v) is 3.12. The summed E-state index contributed by atoms with van der Waals surface area (Å²) in [5.74, 6) is 0. The molecule has 2 heterocycles. The van der Waals surface area contributed by atoms with Gasteiger partial charge < -0.3 is 5.32 Å². The molecule has 4 heteroatoms. The minimum atomic E-state index is 0.976. The Hall–Kier alpha value is -1.23. The van der Waals surface area contributed by atoms with Crippen molar-refractivity contribution in [1.82, 2.24) is 15.2 Å². The first-order chi connectivity index (χ1) is 9.31. The van der Waals surface area contributed by atoms with Crippen molar-refractivity contribution in [2.24, 2.45) is 0 Å². The lowest BCUT2D eigenvalue weighted by Crippen LogP contribution is -2.42. The van der Waals surface area contributed by atoms with Crippen molar-refractivity contribution >= 4 is 11.3 Å². The number of piperazine rings is 1. The SMILES string of the molecule is Cc1ccc(-c2nc(CN3CCNCC3)cs2)cc1. The molecule has 0 saturated carbocycles. The lowest BCUT2D eigenvalue weighted by molar-refractivity contribution is 0.231. The van der Waals surface area contributed by atoms with Gasteiger partial charge in [0, 0.05) is 43.7 Å². The van der Waals surface area contributed by atoms with Crippen LogP contribution in [0.5, 0.6) is 0 Å². The second-order valence-electron chi connectivity index (χ2n) is 5.04. The number of nitrogens with zero attached hydrogens (tertiary/aromatic N) is 2. The van der Waals surface area contributed by atoms with E-state index in [-0.39, 0.29) is 0 Å². The average Bonchev–Trinajstić information content (AvgIpc) is 2.89.